The molecular weight excluding hydrogens is 410 g/mol. The van der Waals surface area contributed by atoms with E-state index in [4.69, 9.17) is 49.1 Å². The Morgan fingerprint density at radius 1 is 0.533 bits per heavy atom. The molecule has 0 aromatic heterocycles. The lowest BCUT2D eigenvalue weighted by molar-refractivity contribution is -0.141. The minimum Gasteiger partial charge on any atom is -0.481 e. The van der Waals surface area contributed by atoms with Gasteiger partial charge in [-0.05, 0) is 19.3 Å². The van der Waals surface area contributed by atoms with E-state index in [1.807, 2.05) is 0 Å². The Kier molecular flexibility index (Phi) is 18.6. The van der Waals surface area contributed by atoms with Crippen LogP contribution in [0.4, 0.5) is 0 Å². The summed E-state index contributed by atoms with van der Waals surface area (Å²) < 4.78 is 0. The molecule has 15 nitrogen and oxygen atoms in total. The molecule has 0 fully saturated rings. The first-order chi connectivity index (χ1) is 13.6. The average molecular weight is 439 g/mol. The van der Waals surface area contributed by atoms with Gasteiger partial charge in [-0.2, -0.15) is 0 Å². The van der Waals surface area contributed by atoms with E-state index in [2.05, 4.69) is 0 Å². The third kappa shape index (κ3) is 24.7. The summed E-state index contributed by atoms with van der Waals surface area (Å²) in [7, 11) is 0. The fourth-order valence-corrected chi connectivity index (χ4v) is 1.24. The van der Waals surface area contributed by atoms with Crippen LogP contribution in [0, 0.1) is 0 Å². The van der Waals surface area contributed by atoms with Gasteiger partial charge in [0.25, 0.3) is 0 Å². The first-order valence-electron chi connectivity index (χ1n) is 8.35. The van der Waals surface area contributed by atoms with Gasteiger partial charge in [0.15, 0.2) is 0 Å². The number of amides is 2. The molecule has 0 saturated carbocycles. The molecule has 3 unspecified atom stereocenters. The van der Waals surface area contributed by atoms with Crippen molar-refractivity contribution in [2.75, 3.05) is 0 Å². The van der Waals surface area contributed by atoms with Crippen molar-refractivity contribution >= 4 is 35.7 Å². The number of carboxylic acids is 4. The quantitative estimate of drug-likeness (QED) is 0.143. The van der Waals surface area contributed by atoms with Crippen LogP contribution < -0.4 is 28.7 Å². The van der Waals surface area contributed by atoms with E-state index < -0.39 is 53.8 Å². The topological polar surface area (TPSA) is 313 Å². The third-order valence-electron chi connectivity index (χ3n) is 3.02. The molecule has 0 saturated heterocycles. The van der Waals surface area contributed by atoms with Crippen LogP contribution >= 0.6 is 0 Å². The van der Waals surface area contributed by atoms with Gasteiger partial charge in [-0.3, -0.25) is 28.8 Å². The molecule has 0 spiro atoms. The molecule has 3 atom stereocenters. The molecule has 0 radical (unpaired) electrons. The van der Waals surface area contributed by atoms with Gasteiger partial charge in [0.1, 0.15) is 18.1 Å². The molecule has 0 aromatic carbocycles. The van der Waals surface area contributed by atoms with Gasteiger partial charge in [-0.25, -0.2) is 0 Å². The molecule has 0 bridgehead atoms. The molecular formula is C15H29N5O10. The van der Waals surface area contributed by atoms with Crippen molar-refractivity contribution in [3.63, 3.8) is 0 Å². The van der Waals surface area contributed by atoms with Crippen molar-refractivity contribution in [2.24, 2.45) is 28.7 Å². The van der Waals surface area contributed by atoms with E-state index in [1.54, 1.807) is 0 Å². The molecule has 14 N–H and O–H groups in total. The Labute approximate surface area is 171 Å². The van der Waals surface area contributed by atoms with Crippen molar-refractivity contribution in [2.45, 2.75) is 56.7 Å². The smallest absolute Gasteiger partial charge is 0.320 e. The lowest BCUT2D eigenvalue weighted by Gasteiger charge is -2.01. The normalized spacial score (nSPS) is 12.5. The van der Waals surface area contributed by atoms with Crippen LogP contribution in [0.5, 0.6) is 0 Å². The summed E-state index contributed by atoms with van der Waals surface area (Å²) in [4.78, 5) is 60.1. The fraction of sp³-hybridized carbons (Fsp3) is 0.600. The Balaban J connectivity index is -0.000000364. The van der Waals surface area contributed by atoms with Gasteiger partial charge >= 0.3 is 23.9 Å². The number of hydrogen-bond acceptors (Lipinski definition) is 9. The maximum Gasteiger partial charge on any atom is 0.320 e. The van der Waals surface area contributed by atoms with E-state index in [0.717, 1.165) is 0 Å². The second-order valence-electron chi connectivity index (χ2n) is 5.78. The lowest BCUT2D eigenvalue weighted by Crippen LogP contribution is -2.31. The summed E-state index contributed by atoms with van der Waals surface area (Å²) >= 11 is 0. The fourth-order valence-electron chi connectivity index (χ4n) is 1.24. The van der Waals surface area contributed by atoms with Crippen molar-refractivity contribution in [3.8, 4) is 0 Å². The van der Waals surface area contributed by atoms with Gasteiger partial charge in [0, 0.05) is 19.3 Å². The van der Waals surface area contributed by atoms with Crippen LogP contribution in [0.25, 0.3) is 0 Å². The average Bonchev–Trinajstić information content (AvgIpc) is 2.62. The van der Waals surface area contributed by atoms with Crippen LogP contribution in [0.2, 0.25) is 0 Å². The van der Waals surface area contributed by atoms with Crippen molar-refractivity contribution < 1.29 is 49.2 Å². The van der Waals surface area contributed by atoms with Crippen molar-refractivity contribution in [1.29, 1.82) is 0 Å². The number of carbonyl (C=O) groups excluding carboxylic acids is 2. The maximum absolute atomic E-state index is 10.1. The zero-order chi connectivity index (χ0) is 24.4. The third-order valence-corrected chi connectivity index (χ3v) is 3.02. The van der Waals surface area contributed by atoms with Crippen molar-refractivity contribution in [3.05, 3.63) is 0 Å². The molecule has 0 aliphatic heterocycles. The molecule has 174 valence electrons. The van der Waals surface area contributed by atoms with Crippen LogP contribution in [-0.4, -0.2) is 74.2 Å². The zero-order valence-electron chi connectivity index (χ0n) is 16.1. The molecule has 0 heterocycles. The highest BCUT2D eigenvalue weighted by Gasteiger charge is 2.13. The predicted molar refractivity (Wildman–Crippen MR) is 101 cm³/mol. The minimum atomic E-state index is -1.17. The number of nitrogens with two attached hydrogens (primary N) is 5. The van der Waals surface area contributed by atoms with Gasteiger partial charge in [0.2, 0.25) is 11.8 Å². The summed E-state index contributed by atoms with van der Waals surface area (Å²) in [5, 5.41) is 32.7. The van der Waals surface area contributed by atoms with Crippen LogP contribution in [0.15, 0.2) is 0 Å². The molecule has 0 aliphatic rings. The molecule has 15 heteroatoms. The van der Waals surface area contributed by atoms with E-state index in [9.17, 15) is 28.8 Å². The van der Waals surface area contributed by atoms with Crippen LogP contribution in [0.1, 0.15) is 38.5 Å². The van der Waals surface area contributed by atoms with E-state index in [0.29, 0.717) is 0 Å². The SMILES string of the molecule is NC(=O)CCC(N)C(=O)O.NC(=O)CCC(N)C(=O)O.NC(CCC(=O)O)C(=O)O. The first kappa shape index (κ1) is 31.4. The molecule has 0 aliphatic carbocycles. The minimum absolute atomic E-state index is 0.0213. The summed E-state index contributed by atoms with van der Waals surface area (Å²) in [5.41, 5.74) is 24.6. The Hall–Kier alpha value is -3.30. The molecule has 2 amide bonds. The predicted octanol–water partition coefficient (Wildman–Crippen LogP) is -3.41. The molecule has 0 aromatic rings. The number of carboxylic acid groups (broad SMARTS) is 4. The van der Waals surface area contributed by atoms with Crippen molar-refractivity contribution in [1.82, 2.24) is 0 Å². The lowest BCUT2D eigenvalue weighted by atomic mass is 10.2. The van der Waals surface area contributed by atoms with Gasteiger partial charge in [-0.1, -0.05) is 0 Å². The highest BCUT2D eigenvalue weighted by atomic mass is 16.4. The van der Waals surface area contributed by atoms with Gasteiger partial charge in [0.05, 0.1) is 0 Å². The second kappa shape index (κ2) is 17.8. The number of primary amides is 2. The monoisotopic (exact) mass is 439 g/mol. The largest absolute Gasteiger partial charge is 0.481 e. The summed E-state index contributed by atoms with van der Waals surface area (Å²) in [5.74, 6) is -5.48. The molecule has 30 heavy (non-hydrogen) atoms. The second-order valence-corrected chi connectivity index (χ2v) is 5.78. The summed E-state index contributed by atoms with van der Waals surface area (Å²) in [6.07, 6.45) is 0.0222. The van der Waals surface area contributed by atoms with E-state index >= 15 is 0 Å². The highest BCUT2D eigenvalue weighted by Crippen LogP contribution is 1.94. The number of carbonyl (C=O) groups is 6. The summed E-state index contributed by atoms with van der Waals surface area (Å²) in [6.45, 7) is 0. The van der Waals surface area contributed by atoms with E-state index in [-0.39, 0.29) is 38.5 Å². The van der Waals surface area contributed by atoms with Gasteiger partial charge in [-0.15, -0.1) is 0 Å². The van der Waals surface area contributed by atoms with E-state index in [1.165, 1.54) is 0 Å². The number of aliphatic carboxylic acids is 4. The summed E-state index contributed by atoms with van der Waals surface area (Å²) in [6, 6.07) is -3.02. The Bertz CT molecular complexity index is 518. The molecule has 0 rings (SSSR count). The maximum atomic E-state index is 10.1. The number of hydrogen-bond donors (Lipinski definition) is 9. The Morgan fingerprint density at radius 3 is 0.933 bits per heavy atom. The number of rotatable bonds is 12. The van der Waals surface area contributed by atoms with Crippen LogP contribution in [0.3, 0.4) is 0 Å². The zero-order valence-corrected chi connectivity index (χ0v) is 16.1. The first-order valence-corrected chi connectivity index (χ1v) is 8.35. The van der Waals surface area contributed by atoms with Gasteiger partial charge < -0.3 is 49.1 Å². The van der Waals surface area contributed by atoms with Crippen LogP contribution in [-0.2, 0) is 28.8 Å². The highest BCUT2D eigenvalue weighted by molar-refractivity contribution is 5.77. The standard InChI is InChI=1S/2C5H10N2O3.C5H9NO4/c3*6-3(5(9)10)1-2-4(7)8/h2*3H,1-2,6H2,(H2,7,8)(H,9,10);3H,1-2,6H2,(H,7,8)(H,9,10). The Morgan fingerprint density at radius 2 is 0.767 bits per heavy atom.